The van der Waals surface area contributed by atoms with Gasteiger partial charge in [-0.3, -0.25) is 0 Å². The average molecular weight is 301 g/mol. The van der Waals surface area contributed by atoms with Crippen molar-refractivity contribution < 1.29 is 0 Å². The molecule has 3 heteroatoms. The summed E-state index contributed by atoms with van der Waals surface area (Å²) >= 11 is 9.61. The Balaban J connectivity index is 3.49. The maximum atomic E-state index is 6.10. The quantitative estimate of drug-likeness (QED) is 0.779. The van der Waals surface area contributed by atoms with E-state index in [0.717, 1.165) is 27.8 Å². The third-order valence-corrected chi connectivity index (χ3v) is 3.09. The monoisotopic (exact) mass is 299 g/mol. The molecular weight excluding hydrogens is 286 g/mol. The summed E-state index contributed by atoms with van der Waals surface area (Å²) in [6, 6.07) is 0. The van der Waals surface area contributed by atoms with Crippen molar-refractivity contribution >= 4 is 39.7 Å². The van der Waals surface area contributed by atoms with Crippen LogP contribution >= 0.6 is 27.5 Å². The molecule has 1 nitrogen and oxygen atoms in total. The standard InChI is InChI=1S/C13H15BrClN/c1-3-5-7-10-11(8-6-4-2)13(15)16-9-12(10)14/h4,6-9H,3,5H2,1-2H3/b6-4-,10-7-,11-8+. The van der Waals surface area contributed by atoms with Gasteiger partial charge in [0, 0.05) is 15.9 Å². The SMILES string of the molecule is C\C=C/C=c1/c(Cl)ncc(Br)/c1=C\CCC. The molecule has 0 saturated carbocycles. The molecule has 0 bridgehead atoms. The summed E-state index contributed by atoms with van der Waals surface area (Å²) in [5.41, 5.74) is 0. The molecule has 0 aliphatic heterocycles. The van der Waals surface area contributed by atoms with E-state index in [0.29, 0.717) is 5.15 Å². The van der Waals surface area contributed by atoms with Gasteiger partial charge in [0.05, 0.1) is 0 Å². The second kappa shape index (κ2) is 6.87. The zero-order valence-electron chi connectivity index (χ0n) is 9.50. The third kappa shape index (κ3) is 3.46. The maximum Gasteiger partial charge on any atom is 0.136 e. The van der Waals surface area contributed by atoms with E-state index in [1.54, 1.807) is 6.20 Å². The fourth-order valence-electron chi connectivity index (χ4n) is 1.34. The first-order valence-electron chi connectivity index (χ1n) is 5.34. The Hall–Kier alpha value is -0.600. The van der Waals surface area contributed by atoms with Crippen LogP contribution < -0.4 is 10.4 Å². The highest BCUT2D eigenvalue weighted by Crippen LogP contribution is 2.02. The van der Waals surface area contributed by atoms with Crippen LogP contribution in [-0.2, 0) is 0 Å². The summed E-state index contributed by atoms with van der Waals surface area (Å²) in [7, 11) is 0. The van der Waals surface area contributed by atoms with Gasteiger partial charge in [-0.25, -0.2) is 4.98 Å². The predicted octanol–water partition coefficient (Wildman–Crippen LogP) is 3.43. The van der Waals surface area contributed by atoms with Crippen LogP contribution in [0.25, 0.3) is 12.2 Å². The number of hydrogen-bond donors (Lipinski definition) is 0. The Morgan fingerprint density at radius 3 is 2.81 bits per heavy atom. The maximum absolute atomic E-state index is 6.10. The van der Waals surface area contributed by atoms with E-state index in [1.165, 1.54) is 0 Å². The lowest BCUT2D eigenvalue weighted by molar-refractivity contribution is 0.989. The van der Waals surface area contributed by atoms with E-state index in [2.05, 4.69) is 33.9 Å². The van der Waals surface area contributed by atoms with Crippen molar-refractivity contribution in [3.05, 3.63) is 38.4 Å². The average Bonchev–Trinajstić information content (AvgIpc) is 2.29. The third-order valence-electron chi connectivity index (χ3n) is 2.15. The second-order valence-electron chi connectivity index (χ2n) is 3.41. The molecule has 0 amide bonds. The van der Waals surface area contributed by atoms with Gasteiger partial charge in [-0.15, -0.1) is 0 Å². The van der Waals surface area contributed by atoms with Gasteiger partial charge in [0.1, 0.15) is 5.15 Å². The minimum atomic E-state index is 0.545. The van der Waals surface area contributed by atoms with Crippen LogP contribution in [0.1, 0.15) is 26.7 Å². The number of pyridine rings is 1. The number of aromatic nitrogens is 1. The molecule has 0 aromatic carbocycles. The lowest BCUT2D eigenvalue weighted by atomic mass is 10.2. The van der Waals surface area contributed by atoms with Gasteiger partial charge in [0.2, 0.25) is 0 Å². The minimum absolute atomic E-state index is 0.545. The first-order valence-corrected chi connectivity index (χ1v) is 6.51. The zero-order chi connectivity index (χ0) is 12.0. The van der Waals surface area contributed by atoms with Crippen molar-refractivity contribution in [1.82, 2.24) is 4.98 Å². The van der Waals surface area contributed by atoms with E-state index in [1.807, 2.05) is 25.2 Å². The van der Waals surface area contributed by atoms with E-state index < -0.39 is 0 Å². The lowest BCUT2D eigenvalue weighted by Crippen LogP contribution is -2.28. The smallest absolute Gasteiger partial charge is 0.136 e. The Labute approximate surface area is 110 Å². The fraction of sp³-hybridized carbons (Fsp3) is 0.308. The summed E-state index contributed by atoms with van der Waals surface area (Å²) in [6.45, 7) is 4.13. The molecular formula is C13H15BrClN. The van der Waals surface area contributed by atoms with Crippen LogP contribution in [-0.4, -0.2) is 4.98 Å². The van der Waals surface area contributed by atoms with Gasteiger partial charge in [0.15, 0.2) is 0 Å². The van der Waals surface area contributed by atoms with Gasteiger partial charge in [0.25, 0.3) is 0 Å². The predicted molar refractivity (Wildman–Crippen MR) is 74.8 cm³/mol. The molecule has 86 valence electrons. The summed E-state index contributed by atoms with van der Waals surface area (Å²) in [5, 5.41) is 2.64. The zero-order valence-corrected chi connectivity index (χ0v) is 11.8. The van der Waals surface area contributed by atoms with Crippen molar-refractivity contribution in [2.75, 3.05) is 0 Å². The lowest BCUT2D eigenvalue weighted by Gasteiger charge is -1.97. The van der Waals surface area contributed by atoms with Crippen LogP contribution in [0.5, 0.6) is 0 Å². The number of rotatable bonds is 3. The van der Waals surface area contributed by atoms with Crippen LogP contribution in [0, 0.1) is 0 Å². The van der Waals surface area contributed by atoms with Crippen molar-refractivity contribution in [2.24, 2.45) is 0 Å². The molecule has 16 heavy (non-hydrogen) atoms. The molecule has 0 saturated heterocycles. The summed E-state index contributed by atoms with van der Waals surface area (Å²) in [4.78, 5) is 4.13. The molecule has 1 aromatic rings. The van der Waals surface area contributed by atoms with E-state index in [-0.39, 0.29) is 0 Å². The number of hydrogen-bond acceptors (Lipinski definition) is 1. The molecule has 0 radical (unpaired) electrons. The summed E-state index contributed by atoms with van der Waals surface area (Å²) < 4.78 is 0.987. The van der Waals surface area contributed by atoms with E-state index >= 15 is 0 Å². The number of nitrogens with zero attached hydrogens (tertiary/aromatic N) is 1. The molecule has 0 atom stereocenters. The Bertz CT molecular complexity index is 491. The molecule has 0 aliphatic rings. The normalized spacial score (nSPS) is 14.0. The van der Waals surface area contributed by atoms with Crippen molar-refractivity contribution in [3.8, 4) is 0 Å². The molecule has 0 fully saturated rings. The Morgan fingerprint density at radius 2 is 2.19 bits per heavy atom. The fourth-order valence-corrected chi connectivity index (χ4v) is 2.03. The summed E-state index contributed by atoms with van der Waals surface area (Å²) in [6.07, 6.45) is 12.0. The number of halogens is 2. The van der Waals surface area contributed by atoms with Gasteiger partial charge >= 0.3 is 0 Å². The highest BCUT2D eigenvalue weighted by molar-refractivity contribution is 9.10. The molecule has 1 heterocycles. The number of allylic oxidation sites excluding steroid dienone is 2. The topological polar surface area (TPSA) is 12.9 Å². The van der Waals surface area contributed by atoms with Crippen LogP contribution in [0.4, 0.5) is 0 Å². The van der Waals surface area contributed by atoms with E-state index in [9.17, 15) is 0 Å². The Kier molecular flexibility index (Phi) is 5.78. The molecule has 0 spiro atoms. The highest BCUT2D eigenvalue weighted by atomic mass is 79.9. The molecule has 1 aromatic heterocycles. The second-order valence-corrected chi connectivity index (χ2v) is 4.62. The van der Waals surface area contributed by atoms with Gasteiger partial charge in [-0.1, -0.05) is 49.2 Å². The number of unbranched alkanes of at least 4 members (excludes halogenated alkanes) is 1. The molecule has 1 rings (SSSR count). The van der Waals surface area contributed by atoms with Crippen molar-refractivity contribution in [2.45, 2.75) is 26.7 Å². The molecule has 0 aliphatic carbocycles. The summed E-state index contributed by atoms with van der Waals surface area (Å²) in [5.74, 6) is 0. The van der Waals surface area contributed by atoms with Crippen LogP contribution in [0.3, 0.4) is 0 Å². The van der Waals surface area contributed by atoms with Crippen molar-refractivity contribution in [3.63, 3.8) is 0 Å². The van der Waals surface area contributed by atoms with Crippen LogP contribution in [0.2, 0.25) is 5.15 Å². The van der Waals surface area contributed by atoms with E-state index in [4.69, 9.17) is 11.6 Å². The highest BCUT2D eigenvalue weighted by Gasteiger charge is 1.98. The van der Waals surface area contributed by atoms with Gasteiger partial charge in [-0.2, -0.15) is 0 Å². The molecule has 0 N–H and O–H groups in total. The van der Waals surface area contributed by atoms with Gasteiger partial charge < -0.3 is 0 Å². The van der Waals surface area contributed by atoms with Gasteiger partial charge in [-0.05, 0) is 34.5 Å². The first-order chi connectivity index (χ1) is 7.70. The Morgan fingerprint density at radius 1 is 1.44 bits per heavy atom. The minimum Gasteiger partial charge on any atom is -0.243 e. The van der Waals surface area contributed by atoms with Crippen LogP contribution in [0.15, 0.2) is 22.8 Å². The largest absolute Gasteiger partial charge is 0.243 e. The van der Waals surface area contributed by atoms with Crippen molar-refractivity contribution in [1.29, 1.82) is 0 Å². The first kappa shape index (κ1) is 13.5. The molecule has 0 unspecified atom stereocenters.